The van der Waals surface area contributed by atoms with E-state index in [4.69, 9.17) is 10.7 Å². The van der Waals surface area contributed by atoms with E-state index in [1.54, 1.807) is 18.3 Å². The second-order valence-electron chi connectivity index (χ2n) is 9.01. The molecule has 33 heavy (non-hydrogen) atoms. The average Bonchev–Trinajstić information content (AvgIpc) is 3.45. The lowest BCUT2D eigenvalue weighted by Gasteiger charge is -2.21. The molecule has 3 aromatic carbocycles. The van der Waals surface area contributed by atoms with Crippen molar-refractivity contribution in [3.05, 3.63) is 77.5 Å². The first-order valence-corrected chi connectivity index (χ1v) is 11.2. The fraction of sp³-hybridized carbons (Fsp3) is 0.185. The lowest BCUT2D eigenvalue weighted by Crippen LogP contribution is -2.05. The summed E-state index contributed by atoms with van der Waals surface area (Å²) < 4.78 is 14.9. The molecule has 0 fully saturated rings. The van der Waals surface area contributed by atoms with Gasteiger partial charge in [-0.1, -0.05) is 44.2 Å². The predicted molar refractivity (Wildman–Crippen MR) is 130 cm³/mol. The first kappa shape index (κ1) is 19.7. The molecule has 0 spiro atoms. The molecule has 0 saturated carbocycles. The molecule has 0 saturated heterocycles. The minimum absolute atomic E-state index is 0.274. The predicted octanol–water partition coefficient (Wildman–Crippen LogP) is 6.23. The van der Waals surface area contributed by atoms with E-state index in [9.17, 15) is 4.39 Å². The number of anilines is 1. The maximum absolute atomic E-state index is 14.9. The van der Waals surface area contributed by atoms with Gasteiger partial charge in [0.15, 0.2) is 5.95 Å². The highest BCUT2D eigenvalue weighted by atomic mass is 19.1. The van der Waals surface area contributed by atoms with Crippen LogP contribution < -0.4 is 5.73 Å². The third-order valence-electron chi connectivity index (χ3n) is 6.55. The molecular formula is C27H24FN5. The molecule has 0 radical (unpaired) electrons. The van der Waals surface area contributed by atoms with Gasteiger partial charge in [-0.05, 0) is 64.4 Å². The summed E-state index contributed by atoms with van der Waals surface area (Å²) in [6, 6.07) is 16.0. The van der Waals surface area contributed by atoms with Gasteiger partial charge in [0.1, 0.15) is 11.6 Å². The number of nitrogens with zero attached hydrogens (tertiary/aromatic N) is 2. The number of aromatic amines is 2. The van der Waals surface area contributed by atoms with Crippen molar-refractivity contribution in [2.45, 2.75) is 32.6 Å². The van der Waals surface area contributed by atoms with Crippen molar-refractivity contribution in [2.24, 2.45) is 0 Å². The number of nitrogens with two attached hydrogens (primary N) is 1. The van der Waals surface area contributed by atoms with E-state index >= 15 is 0 Å². The highest BCUT2D eigenvalue weighted by Crippen LogP contribution is 2.39. The molecule has 1 aliphatic carbocycles. The highest BCUT2D eigenvalue weighted by Gasteiger charge is 2.21. The normalized spacial score (nSPS) is 12.8. The Morgan fingerprint density at radius 3 is 2.39 bits per heavy atom. The van der Waals surface area contributed by atoms with E-state index in [1.807, 2.05) is 6.07 Å². The van der Waals surface area contributed by atoms with Crippen molar-refractivity contribution < 1.29 is 4.39 Å². The number of rotatable bonds is 3. The lowest BCUT2D eigenvalue weighted by molar-refractivity contribution is 0.631. The van der Waals surface area contributed by atoms with E-state index in [0.29, 0.717) is 17.2 Å². The number of hydrogen-bond donors (Lipinski definition) is 3. The Kier molecular flexibility index (Phi) is 4.37. The topological polar surface area (TPSA) is 83.4 Å². The van der Waals surface area contributed by atoms with Gasteiger partial charge < -0.3 is 15.7 Å². The van der Waals surface area contributed by atoms with Crippen LogP contribution in [0, 0.1) is 5.82 Å². The van der Waals surface area contributed by atoms with Gasteiger partial charge in [0.25, 0.3) is 0 Å². The number of halogens is 1. The van der Waals surface area contributed by atoms with Gasteiger partial charge in [0, 0.05) is 11.5 Å². The Labute approximate surface area is 190 Å². The standard InChI is InChI=1S/C27H24FN5/c1-14(2)26-31-23-10-9-19-18-6-3-15(11-17(18)5-7-20(19)25(23)33-26)16-4-8-21(22(28)12-16)24-13-30-27(29)32-24/h3-4,6,8-14H,5,7H2,1-2H3,(H,31,33)(H3,29,30,32). The van der Waals surface area contributed by atoms with Crippen LogP contribution in [0.4, 0.5) is 10.3 Å². The van der Waals surface area contributed by atoms with Gasteiger partial charge >= 0.3 is 0 Å². The number of benzene rings is 3. The van der Waals surface area contributed by atoms with Crippen molar-refractivity contribution in [3.8, 4) is 33.5 Å². The molecule has 4 N–H and O–H groups in total. The summed E-state index contributed by atoms with van der Waals surface area (Å²) >= 11 is 0. The molecule has 5 aromatic rings. The second kappa shape index (κ2) is 7.30. The average molecular weight is 438 g/mol. The van der Waals surface area contributed by atoms with Crippen molar-refractivity contribution in [3.63, 3.8) is 0 Å². The van der Waals surface area contributed by atoms with Gasteiger partial charge in [-0.25, -0.2) is 14.4 Å². The minimum Gasteiger partial charge on any atom is -0.369 e. The molecule has 6 heteroatoms. The SMILES string of the molecule is CC(C)c1nc2c3c(ccc2[nH]1)-c1ccc(-c2ccc(-c4cnc(N)[nH]4)c(F)c2)cc1CC3. The van der Waals surface area contributed by atoms with Gasteiger partial charge in [-0.3, -0.25) is 0 Å². The molecule has 0 unspecified atom stereocenters. The minimum atomic E-state index is -0.305. The molecule has 0 bridgehead atoms. The fourth-order valence-electron chi connectivity index (χ4n) is 4.82. The number of H-pyrrole nitrogens is 2. The first-order valence-electron chi connectivity index (χ1n) is 11.2. The Hall–Kier alpha value is -3.93. The Balaban J connectivity index is 1.39. The maximum atomic E-state index is 14.9. The highest BCUT2D eigenvalue weighted by molar-refractivity contribution is 5.90. The van der Waals surface area contributed by atoms with Crippen LogP contribution in [0.15, 0.2) is 54.7 Å². The molecule has 164 valence electrons. The van der Waals surface area contributed by atoms with Crippen molar-refractivity contribution >= 4 is 17.0 Å². The molecule has 2 heterocycles. The molecular weight excluding hydrogens is 413 g/mol. The largest absolute Gasteiger partial charge is 0.369 e. The quantitative estimate of drug-likeness (QED) is 0.313. The first-order chi connectivity index (χ1) is 16.0. The van der Waals surface area contributed by atoms with Crippen LogP contribution in [0.25, 0.3) is 44.5 Å². The number of imidazole rings is 2. The molecule has 5 nitrogen and oxygen atoms in total. The summed E-state index contributed by atoms with van der Waals surface area (Å²) in [5.74, 6) is 1.36. The van der Waals surface area contributed by atoms with E-state index in [0.717, 1.165) is 40.8 Å². The van der Waals surface area contributed by atoms with Crippen LogP contribution in [0.2, 0.25) is 0 Å². The zero-order chi connectivity index (χ0) is 22.7. The summed E-state index contributed by atoms with van der Waals surface area (Å²) in [6.45, 7) is 4.31. The molecule has 6 rings (SSSR count). The van der Waals surface area contributed by atoms with Gasteiger partial charge in [-0.15, -0.1) is 0 Å². The molecule has 0 atom stereocenters. The number of nitrogens with one attached hydrogen (secondary N) is 2. The summed E-state index contributed by atoms with van der Waals surface area (Å²) in [4.78, 5) is 15.2. The van der Waals surface area contributed by atoms with Gasteiger partial charge in [0.05, 0.1) is 22.9 Å². The van der Waals surface area contributed by atoms with E-state index in [2.05, 4.69) is 59.1 Å². The number of aryl methyl sites for hydroxylation is 2. The fourth-order valence-corrected chi connectivity index (χ4v) is 4.82. The zero-order valence-electron chi connectivity index (χ0n) is 18.5. The smallest absolute Gasteiger partial charge is 0.197 e. The van der Waals surface area contributed by atoms with Crippen LogP contribution in [0.3, 0.4) is 0 Å². The Morgan fingerprint density at radius 2 is 1.67 bits per heavy atom. The monoisotopic (exact) mass is 437 g/mol. The number of fused-ring (bicyclic) bond motifs is 5. The summed E-state index contributed by atoms with van der Waals surface area (Å²) in [6.07, 6.45) is 3.43. The Bertz CT molecular complexity index is 1530. The van der Waals surface area contributed by atoms with Crippen LogP contribution in [-0.4, -0.2) is 19.9 Å². The number of hydrogen-bond acceptors (Lipinski definition) is 3. The molecule has 0 amide bonds. The van der Waals surface area contributed by atoms with Crippen LogP contribution in [0.1, 0.15) is 36.7 Å². The number of aromatic nitrogens is 4. The van der Waals surface area contributed by atoms with Gasteiger partial charge in [0.2, 0.25) is 0 Å². The van der Waals surface area contributed by atoms with Crippen LogP contribution >= 0.6 is 0 Å². The van der Waals surface area contributed by atoms with Crippen molar-refractivity contribution in [1.29, 1.82) is 0 Å². The summed E-state index contributed by atoms with van der Waals surface area (Å²) in [5.41, 5.74) is 15.8. The molecule has 0 aliphatic heterocycles. The summed E-state index contributed by atoms with van der Waals surface area (Å²) in [5, 5.41) is 0. The molecule has 2 aromatic heterocycles. The second-order valence-corrected chi connectivity index (χ2v) is 9.01. The summed E-state index contributed by atoms with van der Waals surface area (Å²) in [7, 11) is 0. The molecule has 1 aliphatic rings. The zero-order valence-corrected chi connectivity index (χ0v) is 18.5. The lowest BCUT2D eigenvalue weighted by atomic mass is 9.83. The van der Waals surface area contributed by atoms with E-state index in [-0.39, 0.29) is 11.8 Å². The van der Waals surface area contributed by atoms with Crippen LogP contribution in [-0.2, 0) is 12.8 Å². The third kappa shape index (κ3) is 3.21. The van der Waals surface area contributed by atoms with Gasteiger partial charge in [-0.2, -0.15) is 0 Å². The Morgan fingerprint density at radius 1 is 0.909 bits per heavy atom. The maximum Gasteiger partial charge on any atom is 0.197 e. The van der Waals surface area contributed by atoms with E-state index in [1.165, 1.54) is 22.3 Å². The van der Waals surface area contributed by atoms with E-state index < -0.39 is 0 Å². The van der Waals surface area contributed by atoms with Crippen LogP contribution in [0.5, 0.6) is 0 Å². The number of nitrogen functional groups attached to an aromatic ring is 1. The van der Waals surface area contributed by atoms with Crippen molar-refractivity contribution in [1.82, 2.24) is 19.9 Å². The van der Waals surface area contributed by atoms with Crippen molar-refractivity contribution in [2.75, 3.05) is 5.73 Å². The third-order valence-corrected chi connectivity index (χ3v) is 6.55.